The van der Waals surface area contributed by atoms with Crippen molar-refractivity contribution >= 4 is 17.0 Å². The molecule has 2 N–H and O–H groups in total. The van der Waals surface area contributed by atoms with Gasteiger partial charge in [0.1, 0.15) is 17.2 Å². The fraction of sp³-hybridized carbons (Fsp3) is 0.320. The summed E-state index contributed by atoms with van der Waals surface area (Å²) in [6.07, 6.45) is 6.17. The molecular weight excluding hydrogens is 384 g/mol. The van der Waals surface area contributed by atoms with E-state index in [2.05, 4.69) is 65.2 Å². The first-order valence-corrected chi connectivity index (χ1v) is 10.9. The second-order valence-corrected chi connectivity index (χ2v) is 7.37. The Balaban J connectivity index is 0.000000401. The van der Waals surface area contributed by atoms with Crippen LogP contribution < -0.4 is 10.6 Å². The smallest absolute Gasteiger partial charge is 0.167 e. The van der Waals surface area contributed by atoms with E-state index in [4.69, 9.17) is 9.97 Å². The van der Waals surface area contributed by atoms with Gasteiger partial charge in [0, 0.05) is 24.5 Å². The van der Waals surface area contributed by atoms with Crippen molar-refractivity contribution < 1.29 is 0 Å². The molecule has 4 rings (SSSR count). The third kappa shape index (κ3) is 5.67. The third-order valence-electron chi connectivity index (χ3n) is 4.87. The van der Waals surface area contributed by atoms with Crippen LogP contribution in [0.4, 0.5) is 5.82 Å². The second kappa shape index (κ2) is 11.2. The number of imidazole rings is 1. The standard InChI is InChI=1S/C20H19N5.C5H13N/c1-3-22-18-9-8-17-20(24-18)25(16-10-12-21-13-11-16)19(23-17)15-6-4-14(2)5-7-15;1-3-4-5-6-2/h4-13H,3H2,1-2H3,(H,22,24);6H,3-5H2,1-2H3. The molecule has 0 saturated heterocycles. The molecule has 0 aliphatic heterocycles. The van der Waals surface area contributed by atoms with E-state index in [0.29, 0.717) is 0 Å². The lowest BCUT2D eigenvalue weighted by Gasteiger charge is -2.09. The van der Waals surface area contributed by atoms with Crippen molar-refractivity contribution in [1.29, 1.82) is 0 Å². The maximum Gasteiger partial charge on any atom is 0.167 e. The van der Waals surface area contributed by atoms with Crippen molar-refractivity contribution in [3.05, 3.63) is 66.5 Å². The first kappa shape index (κ1) is 22.4. The van der Waals surface area contributed by atoms with E-state index in [1.807, 2.05) is 31.3 Å². The van der Waals surface area contributed by atoms with Gasteiger partial charge in [0.15, 0.2) is 5.65 Å². The third-order valence-corrected chi connectivity index (χ3v) is 4.87. The van der Waals surface area contributed by atoms with Crippen molar-refractivity contribution in [3.8, 4) is 17.1 Å². The van der Waals surface area contributed by atoms with E-state index in [-0.39, 0.29) is 0 Å². The first-order chi connectivity index (χ1) is 15.2. The molecule has 0 spiro atoms. The quantitative estimate of drug-likeness (QED) is 0.404. The molecule has 0 radical (unpaired) electrons. The van der Waals surface area contributed by atoms with E-state index in [9.17, 15) is 0 Å². The number of aryl methyl sites for hydroxylation is 1. The van der Waals surface area contributed by atoms with Gasteiger partial charge in [0.25, 0.3) is 0 Å². The summed E-state index contributed by atoms with van der Waals surface area (Å²) < 4.78 is 2.09. The Morgan fingerprint density at radius 1 is 0.903 bits per heavy atom. The van der Waals surface area contributed by atoms with Crippen LogP contribution in [0.1, 0.15) is 32.3 Å². The lowest BCUT2D eigenvalue weighted by atomic mass is 10.1. The molecule has 0 aliphatic rings. The van der Waals surface area contributed by atoms with Gasteiger partial charge in [0.05, 0.1) is 5.69 Å². The summed E-state index contributed by atoms with van der Waals surface area (Å²) in [5.74, 6) is 1.73. The van der Waals surface area contributed by atoms with Gasteiger partial charge >= 0.3 is 0 Å². The Kier molecular flexibility index (Phi) is 8.12. The number of anilines is 1. The molecule has 0 atom stereocenters. The number of hydrogen-bond donors (Lipinski definition) is 2. The lowest BCUT2D eigenvalue weighted by molar-refractivity contribution is 0.711. The van der Waals surface area contributed by atoms with Crippen LogP contribution in [0.2, 0.25) is 0 Å². The summed E-state index contributed by atoms with van der Waals surface area (Å²) in [6.45, 7) is 8.32. The molecule has 0 aliphatic carbocycles. The zero-order valence-corrected chi connectivity index (χ0v) is 18.9. The fourth-order valence-corrected chi connectivity index (χ4v) is 3.22. The van der Waals surface area contributed by atoms with Crippen molar-refractivity contribution in [2.24, 2.45) is 0 Å². The molecular formula is C25H32N6. The molecule has 0 fully saturated rings. The molecule has 3 aromatic heterocycles. The van der Waals surface area contributed by atoms with Crippen LogP contribution in [0.5, 0.6) is 0 Å². The van der Waals surface area contributed by atoms with E-state index in [1.54, 1.807) is 12.4 Å². The van der Waals surface area contributed by atoms with Crippen LogP contribution in [0, 0.1) is 6.92 Å². The van der Waals surface area contributed by atoms with E-state index >= 15 is 0 Å². The number of benzene rings is 1. The van der Waals surface area contributed by atoms with Gasteiger partial charge in [-0.1, -0.05) is 43.2 Å². The van der Waals surface area contributed by atoms with Crippen LogP contribution in [0.15, 0.2) is 60.9 Å². The van der Waals surface area contributed by atoms with Crippen LogP contribution in [0.25, 0.3) is 28.2 Å². The minimum atomic E-state index is 0.826. The van der Waals surface area contributed by atoms with Gasteiger partial charge in [-0.3, -0.25) is 9.55 Å². The highest BCUT2D eigenvalue weighted by atomic mass is 15.2. The predicted octanol–water partition coefficient (Wildman–Crippen LogP) is 5.23. The van der Waals surface area contributed by atoms with Gasteiger partial charge < -0.3 is 10.6 Å². The average molecular weight is 417 g/mol. The molecule has 6 heteroatoms. The molecule has 0 unspecified atom stereocenters. The van der Waals surface area contributed by atoms with E-state index in [1.165, 1.54) is 18.4 Å². The molecule has 0 bridgehead atoms. The summed E-state index contributed by atoms with van der Waals surface area (Å²) in [6, 6.07) is 16.3. The highest BCUT2D eigenvalue weighted by Crippen LogP contribution is 2.28. The number of nitrogens with one attached hydrogen (secondary N) is 2. The lowest BCUT2D eigenvalue weighted by Crippen LogP contribution is -2.06. The molecule has 4 aromatic rings. The number of unbranched alkanes of at least 4 members (excludes halogenated alkanes) is 1. The molecule has 31 heavy (non-hydrogen) atoms. The Morgan fingerprint density at radius 3 is 2.26 bits per heavy atom. The van der Waals surface area contributed by atoms with Gasteiger partial charge in [-0.25, -0.2) is 9.97 Å². The number of rotatable bonds is 7. The molecule has 1 aromatic carbocycles. The van der Waals surface area contributed by atoms with Gasteiger partial charge in [-0.15, -0.1) is 0 Å². The van der Waals surface area contributed by atoms with Crippen molar-refractivity contribution in [2.45, 2.75) is 33.6 Å². The number of aromatic nitrogens is 4. The summed E-state index contributed by atoms with van der Waals surface area (Å²) in [7, 11) is 1.98. The Hall–Kier alpha value is -3.25. The van der Waals surface area contributed by atoms with Crippen molar-refractivity contribution in [3.63, 3.8) is 0 Å². The maximum absolute atomic E-state index is 4.84. The normalized spacial score (nSPS) is 10.6. The SMILES string of the molecule is CCCCNC.CCNc1ccc2nc(-c3ccc(C)cc3)n(-c3ccncc3)c2n1. The van der Waals surface area contributed by atoms with Gasteiger partial charge in [-0.2, -0.15) is 0 Å². The minimum Gasteiger partial charge on any atom is -0.370 e. The number of pyridine rings is 2. The summed E-state index contributed by atoms with van der Waals surface area (Å²) in [5, 5.41) is 6.34. The molecule has 0 saturated carbocycles. The van der Waals surface area contributed by atoms with Gasteiger partial charge in [0.2, 0.25) is 0 Å². The van der Waals surface area contributed by atoms with E-state index < -0.39 is 0 Å². The molecule has 0 amide bonds. The monoisotopic (exact) mass is 416 g/mol. The highest BCUT2D eigenvalue weighted by molar-refractivity contribution is 5.81. The molecule has 6 nitrogen and oxygen atoms in total. The largest absolute Gasteiger partial charge is 0.370 e. The Labute approximate surface area is 184 Å². The summed E-state index contributed by atoms with van der Waals surface area (Å²) in [4.78, 5) is 13.7. The summed E-state index contributed by atoms with van der Waals surface area (Å²) >= 11 is 0. The van der Waals surface area contributed by atoms with Gasteiger partial charge in [-0.05, 0) is 58.1 Å². The Morgan fingerprint density at radius 2 is 1.65 bits per heavy atom. The fourth-order valence-electron chi connectivity index (χ4n) is 3.22. The topological polar surface area (TPSA) is 67.7 Å². The minimum absolute atomic E-state index is 0.826. The van der Waals surface area contributed by atoms with Crippen LogP contribution in [-0.4, -0.2) is 39.7 Å². The van der Waals surface area contributed by atoms with Crippen molar-refractivity contribution in [1.82, 2.24) is 24.8 Å². The molecule has 3 heterocycles. The van der Waals surface area contributed by atoms with Crippen LogP contribution >= 0.6 is 0 Å². The zero-order valence-electron chi connectivity index (χ0n) is 18.9. The average Bonchev–Trinajstić information content (AvgIpc) is 3.18. The van der Waals surface area contributed by atoms with E-state index in [0.717, 1.165) is 47.1 Å². The number of fused-ring (bicyclic) bond motifs is 1. The van der Waals surface area contributed by atoms with Crippen LogP contribution in [-0.2, 0) is 0 Å². The van der Waals surface area contributed by atoms with Crippen molar-refractivity contribution in [2.75, 3.05) is 25.5 Å². The van der Waals surface area contributed by atoms with Crippen LogP contribution in [0.3, 0.4) is 0 Å². The highest BCUT2D eigenvalue weighted by Gasteiger charge is 2.16. The Bertz CT molecular complexity index is 1070. The summed E-state index contributed by atoms with van der Waals surface area (Å²) in [5.41, 5.74) is 4.98. The zero-order chi connectivity index (χ0) is 22.1. The predicted molar refractivity (Wildman–Crippen MR) is 130 cm³/mol. The molecule has 162 valence electrons. The number of nitrogens with zero attached hydrogens (tertiary/aromatic N) is 4. The first-order valence-electron chi connectivity index (χ1n) is 10.9. The second-order valence-electron chi connectivity index (χ2n) is 7.37. The maximum atomic E-state index is 4.84. The number of hydrogen-bond acceptors (Lipinski definition) is 5.